The van der Waals surface area contributed by atoms with Gasteiger partial charge in [0.15, 0.2) is 5.82 Å². The summed E-state index contributed by atoms with van der Waals surface area (Å²) in [7, 11) is 3.55. The smallest absolute Gasteiger partial charge is 0.287 e. The van der Waals surface area contributed by atoms with E-state index in [1.807, 2.05) is 42.6 Å². The SMILES string of the molecule is CN(C)C(=O)c1ccc(CN2CCn3c(cnc3C(=O)NCc3ccc(N)cc3)C23CC2(CCC2)C3)cc1. The molecule has 3 aromatic rings. The Kier molecular flexibility index (Phi) is 6.02. The molecular weight excluding hydrogens is 476 g/mol. The van der Waals surface area contributed by atoms with E-state index in [0.717, 1.165) is 38.0 Å². The number of fused-ring (bicyclic) bond motifs is 2. The van der Waals surface area contributed by atoms with Crippen molar-refractivity contribution in [2.45, 2.75) is 57.3 Å². The average Bonchev–Trinajstić information content (AvgIpc) is 3.31. The summed E-state index contributed by atoms with van der Waals surface area (Å²) >= 11 is 0. The number of rotatable bonds is 6. The molecule has 198 valence electrons. The standard InChI is InChI=1S/C30H36N6O2/c1-34(2)28(38)23-8-4-22(5-9-23)18-35-14-15-36-25(30(35)19-29(20-30)12-3-13-29)17-32-26(36)27(37)33-16-21-6-10-24(31)11-7-21/h4-11,17H,3,12-16,18-20,31H2,1-2H3,(H,33,37). The van der Waals surface area contributed by atoms with Gasteiger partial charge in [0.25, 0.3) is 11.8 Å². The summed E-state index contributed by atoms with van der Waals surface area (Å²) < 4.78 is 2.15. The Hall–Kier alpha value is -3.65. The Bertz CT molecular complexity index is 1350. The zero-order valence-electron chi connectivity index (χ0n) is 22.2. The molecule has 2 aromatic carbocycles. The summed E-state index contributed by atoms with van der Waals surface area (Å²) in [6, 6.07) is 15.5. The van der Waals surface area contributed by atoms with Gasteiger partial charge in [0.2, 0.25) is 0 Å². The Labute approximate surface area is 223 Å². The normalized spacial score (nSPS) is 18.9. The molecule has 1 aliphatic heterocycles. The van der Waals surface area contributed by atoms with E-state index in [9.17, 15) is 9.59 Å². The first kappa shape index (κ1) is 24.7. The highest BCUT2D eigenvalue weighted by atomic mass is 16.2. The lowest BCUT2D eigenvalue weighted by molar-refractivity contribution is -0.148. The summed E-state index contributed by atoms with van der Waals surface area (Å²) in [5.41, 5.74) is 10.9. The zero-order chi connectivity index (χ0) is 26.5. The molecule has 0 unspecified atom stereocenters. The summed E-state index contributed by atoms with van der Waals surface area (Å²) in [5.74, 6) is 0.370. The van der Waals surface area contributed by atoms with Crippen LogP contribution in [0.3, 0.4) is 0 Å². The van der Waals surface area contributed by atoms with E-state index < -0.39 is 0 Å². The maximum Gasteiger partial charge on any atom is 0.287 e. The van der Waals surface area contributed by atoms with Crippen LogP contribution in [-0.4, -0.2) is 51.8 Å². The molecule has 0 saturated heterocycles. The first-order valence-corrected chi connectivity index (χ1v) is 13.5. The van der Waals surface area contributed by atoms with Crippen molar-refractivity contribution in [2.24, 2.45) is 5.41 Å². The van der Waals surface area contributed by atoms with Gasteiger partial charge in [-0.25, -0.2) is 4.98 Å². The number of benzene rings is 2. The van der Waals surface area contributed by atoms with Gasteiger partial charge < -0.3 is 20.5 Å². The first-order valence-electron chi connectivity index (χ1n) is 13.5. The van der Waals surface area contributed by atoms with Crippen molar-refractivity contribution >= 4 is 17.5 Å². The molecule has 2 fully saturated rings. The van der Waals surface area contributed by atoms with Crippen LogP contribution in [0, 0.1) is 5.41 Å². The number of hydrogen-bond donors (Lipinski definition) is 2. The van der Waals surface area contributed by atoms with Gasteiger partial charge in [-0.1, -0.05) is 30.7 Å². The van der Waals surface area contributed by atoms with Crippen LogP contribution in [0.2, 0.25) is 0 Å². The van der Waals surface area contributed by atoms with Crippen molar-refractivity contribution in [2.75, 3.05) is 26.4 Å². The third-order valence-corrected chi connectivity index (χ3v) is 8.90. The number of amides is 2. The number of nitrogens with one attached hydrogen (secondary N) is 1. The van der Waals surface area contributed by atoms with Crippen molar-refractivity contribution in [1.29, 1.82) is 0 Å². The summed E-state index contributed by atoms with van der Waals surface area (Å²) in [5, 5.41) is 3.04. The van der Waals surface area contributed by atoms with Gasteiger partial charge in [0.1, 0.15) is 0 Å². The third-order valence-electron chi connectivity index (χ3n) is 8.90. The minimum absolute atomic E-state index is 0.0167. The lowest BCUT2D eigenvalue weighted by Crippen LogP contribution is -2.64. The van der Waals surface area contributed by atoms with Crippen LogP contribution >= 0.6 is 0 Å². The van der Waals surface area contributed by atoms with Crippen molar-refractivity contribution in [3.63, 3.8) is 0 Å². The van der Waals surface area contributed by atoms with Crippen molar-refractivity contribution in [3.8, 4) is 0 Å². The van der Waals surface area contributed by atoms with Crippen molar-refractivity contribution in [3.05, 3.63) is 82.9 Å². The summed E-state index contributed by atoms with van der Waals surface area (Å²) in [6.45, 7) is 2.84. The van der Waals surface area contributed by atoms with Crippen molar-refractivity contribution in [1.82, 2.24) is 24.7 Å². The van der Waals surface area contributed by atoms with Gasteiger partial charge >= 0.3 is 0 Å². The predicted octanol–water partition coefficient (Wildman–Crippen LogP) is 3.77. The summed E-state index contributed by atoms with van der Waals surface area (Å²) in [6.07, 6.45) is 8.09. The molecule has 2 spiro atoms. The maximum absolute atomic E-state index is 13.2. The maximum atomic E-state index is 13.2. The number of carbonyl (C=O) groups is 2. The van der Waals surface area contributed by atoms with Crippen LogP contribution in [0.1, 0.15) is 69.9 Å². The average molecular weight is 513 g/mol. The molecule has 3 N–H and O–H groups in total. The fourth-order valence-corrected chi connectivity index (χ4v) is 6.73. The fourth-order valence-electron chi connectivity index (χ4n) is 6.73. The molecule has 2 heterocycles. The highest BCUT2D eigenvalue weighted by Crippen LogP contribution is 2.66. The van der Waals surface area contributed by atoms with Crippen LogP contribution in [0.15, 0.2) is 54.7 Å². The minimum Gasteiger partial charge on any atom is -0.399 e. The number of hydrogen-bond acceptors (Lipinski definition) is 5. The molecule has 1 aromatic heterocycles. The number of carbonyl (C=O) groups excluding carboxylic acids is 2. The van der Waals surface area contributed by atoms with E-state index in [1.54, 1.807) is 19.0 Å². The lowest BCUT2D eigenvalue weighted by Gasteiger charge is -2.65. The highest BCUT2D eigenvalue weighted by molar-refractivity contribution is 5.93. The third kappa shape index (κ3) is 4.17. The highest BCUT2D eigenvalue weighted by Gasteiger charge is 2.62. The van der Waals surface area contributed by atoms with Gasteiger partial charge in [0.05, 0.1) is 17.4 Å². The monoisotopic (exact) mass is 512 g/mol. The van der Waals surface area contributed by atoms with Gasteiger partial charge in [-0.2, -0.15) is 0 Å². The lowest BCUT2D eigenvalue weighted by atomic mass is 9.47. The second kappa shape index (κ2) is 9.27. The molecule has 6 rings (SSSR count). The molecule has 8 heteroatoms. The van der Waals surface area contributed by atoms with Gasteiger partial charge in [-0.3, -0.25) is 14.5 Å². The van der Waals surface area contributed by atoms with Crippen LogP contribution < -0.4 is 11.1 Å². The Balaban J connectivity index is 1.22. The van der Waals surface area contributed by atoms with Crippen LogP contribution in [0.4, 0.5) is 5.69 Å². The molecule has 3 aliphatic rings. The zero-order valence-corrected chi connectivity index (χ0v) is 22.2. The Morgan fingerprint density at radius 1 is 1.00 bits per heavy atom. The number of aromatic nitrogens is 2. The number of anilines is 1. The molecule has 0 bridgehead atoms. The Morgan fingerprint density at radius 3 is 2.32 bits per heavy atom. The molecule has 0 atom stereocenters. The van der Waals surface area contributed by atoms with E-state index in [2.05, 4.69) is 31.9 Å². The molecule has 8 nitrogen and oxygen atoms in total. The number of nitrogens with two attached hydrogens (primary N) is 1. The van der Waals surface area contributed by atoms with Crippen LogP contribution in [0.5, 0.6) is 0 Å². The van der Waals surface area contributed by atoms with E-state index in [-0.39, 0.29) is 17.4 Å². The molecule has 2 saturated carbocycles. The predicted molar refractivity (Wildman–Crippen MR) is 146 cm³/mol. The van der Waals surface area contributed by atoms with Gasteiger partial charge in [-0.05, 0) is 66.5 Å². The van der Waals surface area contributed by atoms with E-state index in [1.165, 1.54) is 30.5 Å². The van der Waals surface area contributed by atoms with Gasteiger partial charge in [0, 0.05) is 51.5 Å². The minimum atomic E-state index is -0.143. The molecule has 38 heavy (non-hydrogen) atoms. The first-order chi connectivity index (χ1) is 18.3. The number of imidazole rings is 1. The molecule has 2 amide bonds. The fraction of sp³-hybridized carbons (Fsp3) is 0.433. The van der Waals surface area contributed by atoms with E-state index >= 15 is 0 Å². The Morgan fingerprint density at radius 2 is 1.68 bits per heavy atom. The van der Waals surface area contributed by atoms with E-state index in [0.29, 0.717) is 29.0 Å². The molecule has 2 aliphatic carbocycles. The second-order valence-electron chi connectivity index (χ2n) is 11.6. The van der Waals surface area contributed by atoms with E-state index in [4.69, 9.17) is 5.73 Å². The topological polar surface area (TPSA) is 96.5 Å². The number of nitrogen functional groups attached to an aromatic ring is 1. The second-order valence-corrected chi connectivity index (χ2v) is 11.6. The van der Waals surface area contributed by atoms with Crippen LogP contribution in [-0.2, 0) is 25.2 Å². The summed E-state index contributed by atoms with van der Waals surface area (Å²) in [4.78, 5) is 34.3. The van der Waals surface area contributed by atoms with Crippen molar-refractivity contribution < 1.29 is 9.59 Å². The molecular formula is C30H36N6O2. The largest absolute Gasteiger partial charge is 0.399 e. The van der Waals surface area contributed by atoms with Crippen LogP contribution in [0.25, 0.3) is 0 Å². The quantitative estimate of drug-likeness (QED) is 0.490. The van der Waals surface area contributed by atoms with Gasteiger partial charge in [-0.15, -0.1) is 0 Å². The number of nitrogens with zero attached hydrogens (tertiary/aromatic N) is 4. The molecule has 0 radical (unpaired) electrons.